The maximum atomic E-state index is 12.1. The highest BCUT2D eigenvalue weighted by Gasteiger charge is 2.08. The molecular weight excluding hydrogens is 294 g/mol. The molecule has 1 aromatic carbocycles. The molecule has 1 amide bonds. The molecule has 0 bridgehead atoms. The lowest BCUT2D eigenvalue weighted by Crippen LogP contribution is -2.22. The molecule has 2 aromatic heterocycles. The zero-order valence-electron chi connectivity index (χ0n) is 10.3. The van der Waals surface area contributed by atoms with E-state index in [9.17, 15) is 4.79 Å². The first-order valence-corrected chi connectivity index (χ1v) is 7.15. The second-order valence-electron chi connectivity index (χ2n) is 4.19. The summed E-state index contributed by atoms with van der Waals surface area (Å²) < 4.78 is 1.39. The third kappa shape index (κ3) is 2.79. The number of rotatable bonds is 3. The number of hydrogen-bond acceptors (Lipinski definition) is 4. The molecule has 100 valence electrons. The van der Waals surface area contributed by atoms with E-state index in [1.165, 1.54) is 11.3 Å². The van der Waals surface area contributed by atoms with Crippen molar-refractivity contribution in [1.29, 1.82) is 0 Å². The Kier molecular flexibility index (Phi) is 3.62. The van der Waals surface area contributed by atoms with Gasteiger partial charge in [0.25, 0.3) is 5.91 Å². The average molecular weight is 304 g/mol. The molecule has 0 saturated carbocycles. The van der Waals surface area contributed by atoms with Crippen LogP contribution in [0.5, 0.6) is 0 Å². The number of carbonyl (C=O) groups excluding carboxylic acids is 1. The fourth-order valence-electron chi connectivity index (χ4n) is 1.82. The summed E-state index contributed by atoms with van der Waals surface area (Å²) in [5.74, 6) is -0.125. The van der Waals surface area contributed by atoms with Gasteiger partial charge in [-0.2, -0.15) is 0 Å². The van der Waals surface area contributed by atoms with Crippen LogP contribution in [0.4, 0.5) is 0 Å². The van der Waals surface area contributed by atoms with Crippen LogP contribution >= 0.6 is 22.9 Å². The van der Waals surface area contributed by atoms with Crippen LogP contribution in [0.3, 0.4) is 0 Å². The van der Waals surface area contributed by atoms with E-state index >= 15 is 0 Å². The van der Waals surface area contributed by atoms with Crippen molar-refractivity contribution < 1.29 is 4.79 Å². The Bertz CT molecular complexity index is 757. The summed E-state index contributed by atoms with van der Waals surface area (Å²) in [7, 11) is 0. The van der Waals surface area contributed by atoms with Crippen molar-refractivity contribution in [2.75, 3.05) is 0 Å². The Morgan fingerprint density at radius 1 is 1.35 bits per heavy atom. The molecule has 3 aromatic rings. The number of nitrogens with one attached hydrogen (secondary N) is 1. The predicted molar refractivity (Wildman–Crippen MR) is 80.0 cm³/mol. The first-order chi connectivity index (χ1) is 9.72. The Balaban J connectivity index is 1.75. The van der Waals surface area contributed by atoms with Gasteiger partial charge in [-0.05, 0) is 29.8 Å². The van der Waals surface area contributed by atoms with E-state index in [0.717, 1.165) is 15.8 Å². The second-order valence-corrected chi connectivity index (χ2v) is 5.81. The van der Waals surface area contributed by atoms with Gasteiger partial charge in [-0.15, -0.1) is 11.3 Å². The van der Waals surface area contributed by atoms with Gasteiger partial charge in [0.1, 0.15) is 0 Å². The third-order valence-corrected chi connectivity index (χ3v) is 3.92. The van der Waals surface area contributed by atoms with Gasteiger partial charge in [0.05, 0.1) is 10.2 Å². The molecule has 0 unspecified atom stereocenters. The number of benzene rings is 1. The molecule has 0 spiro atoms. The minimum absolute atomic E-state index is 0.125. The standard InChI is InChI=1S/C14H10ClN3OS/c15-14-18-11-4-3-10(6-12(11)20-14)13(19)17-8-9-2-1-5-16-7-9/h1-7H,8H2,(H,17,19). The topological polar surface area (TPSA) is 54.9 Å². The lowest BCUT2D eigenvalue weighted by molar-refractivity contribution is 0.0951. The average Bonchev–Trinajstić information content (AvgIpc) is 2.85. The number of carbonyl (C=O) groups is 1. The van der Waals surface area contributed by atoms with Gasteiger partial charge in [0, 0.05) is 24.5 Å². The van der Waals surface area contributed by atoms with E-state index in [1.54, 1.807) is 30.6 Å². The monoisotopic (exact) mass is 303 g/mol. The van der Waals surface area contributed by atoms with Gasteiger partial charge in [0.2, 0.25) is 0 Å². The van der Waals surface area contributed by atoms with Crippen LogP contribution in [-0.4, -0.2) is 15.9 Å². The molecule has 0 aliphatic rings. The third-order valence-electron chi connectivity index (χ3n) is 2.80. The first kappa shape index (κ1) is 13.0. The van der Waals surface area contributed by atoms with Gasteiger partial charge < -0.3 is 5.32 Å². The molecule has 1 N–H and O–H groups in total. The van der Waals surface area contributed by atoms with Crippen LogP contribution in [0.2, 0.25) is 4.47 Å². The normalized spacial score (nSPS) is 10.7. The maximum absolute atomic E-state index is 12.1. The number of halogens is 1. The van der Waals surface area contributed by atoms with Crippen LogP contribution in [-0.2, 0) is 6.54 Å². The lowest BCUT2D eigenvalue weighted by atomic mass is 10.2. The predicted octanol–water partition coefficient (Wildman–Crippen LogP) is 3.27. The summed E-state index contributed by atoms with van der Waals surface area (Å²) in [5.41, 5.74) is 2.37. The van der Waals surface area contributed by atoms with E-state index in [4.69, 9.17) is 11.6 Å². The van der Waals surface area contributed by atoms with Gasteiger partial charge >= 0.3 is 0 Å². The highest BCUT2D eigenvalue weighted by atomic mass is 35.5. The van der Waals surface area contributed by atoms with Crippen LogP contribution in [0.15, 0.2) is 42.7 Å². The van der Waals surface area contributed by atoms with E-state index in [-0.39, 0.29) is 5.91 Å². The number of hydrogen-bond donors (Lipinski definition) is 1. The number of fused-ring (bicyclic) bond motifs is 1. The van der Waals surface area contributed by atoms with Gasteiger partial charge in [0.15, 0.2) is 4.47 Å². The van der Waals surface area contributed by atoms with Gasteiger partial charge in [-0.1, -0.05) is 17.7 Å². The minimum atomic E-state index is -0.125. The van der Waals surface area contributed by atoms with Crippen LogP contribution in [0.1, 0.15) is 15.9 Å². The highest BCUT2D eigenvalue weighted by Crippen LogP contribution is 2.26. The molecule has 4 nitrogen and oxygen atoms in total. The second kappa shape index (κ2) is 5.56. The van der Waals surface area contributed by atoms with Crippen molar-refractivity contribution in [3.63, 3.8) is 0 Å². The number of thiazole rings is 1. The number of pyridine rings is 1. The molecule has 6 heteroatoms. The van der Waals surface area contributed by atoms with Crippen molar-refractivity contribution in [3.05, 3.63) is 58.3 Å². The lowest BCUT2D eigenvalue weighted by Gasteiger charge is -2.04. The fraction of sp³-hybridized carbons (Fsp3) is 0.0714. The molecule has 0 radical (unpaired) electrons. The molecule has 2 heterocycles. The van der Waals surface area contributed by atoms with E-state index in [1.807, 2.05) is 12.1 Å². The van der Waals surface area contributed by atoms with E-state index in [0.29, 0.717) is 16.6 Å². The highest BCUT2D eigenvalue weighted by molar-refractivity contribution is 7.22. The number of nitrogens with zero attached hydrogens (tertiary/aromatic N) is 2. The Hall–Kier alpha value is -1.98. The molecular formula is C14H10ClN3OS. The van der Waals surface area contributed by atoms with Crippen LogP contribution in [0, 0.1) is 0 Å². The molecule has 3 rings (SSSR count). The zero-order valence-corrected chi connectivity index (χ0v) is 11.9. The van der Waals surface area contributed by atoms with Crippen LogP contribution < -0.4 is 5.32 Å². The van der Waals surface area contributed by atoms with E-state index < -0.39 is 0 Å². The first-order valence-electron chi connectivity index (χ1n) is 5.95. The van der Waals surface area contributed by atoms with Crippen LogP contribution in [0.25, 0.3) is 10.2 Å². The summed E-state index contributed by atoms with van der Waals surface area (Å²) in [5, 5.41) is 2.86. The SMILES string of the molecule is O=C(NCc1cccnc1)c1ccc2nc(Cl)sc2c1. The summed E-state index contributed by atoms with van der Waals surface area (Å²) in [6.07, 6.45) is 3.43. The minimum Gasteiger partial charge on any atom is -0.348 e. The molecule has 0 aliphatic carbocycles. The van der Waals surface area contributed by atoms with Gasteiger partial charge in [-0.3, -0.25) is 9.78 Å². The number of amides is 1. The molecule has 0 saturated heterocycles. The molecule has 20 heavy (non-hydrogen) atoms. The molecule has 0 atom stereocenters. The van der Waals surface area contributed by atoms with Crippen molar-refractivity contribution in [1.82, 2.24) is 15.3 Å². The van der Waals surface area contributed by atoms with Crippen molar-refractivity contribution in [2.24, 2.45) is 0 Å². The van der Waals surface area contributed by atoms with Gasteiger partial charge in [-0.25, -0.2) is 4.98 Å². The van der Waals surface area contributed by atoms with Crippen molar-refractivity contribution in [3.8, 4) is 0 Å². The zero-order chi connectivity index (χ0) is 13.9. The quantitative estimate of drug-likeness (QED) is 0.808. The maximum Gasteiger partial charge on any atom is 0.251 e. The van der Waals surface area contributed by atoms with Crippen molar-refractivity contribution >= 4 is 39.1 Å². The van der Waals surface area contributed by atoms with Crippen molar-refractivity contribution in [2.45, 2.75) is 6.54 Å². The molecule has 0 aliphatic heterocycles. The fourth-order valence-corrected chi connectivity index (χ4v) is 2.89. The summed E-state index contributed by atoms with van der Waals surface area (Å²) >= 11 is 7.22. The Morgan fingerprint density at radius 3 is 3.05 bits per heavy atom. The summed E-state index contributed by atoms with van der Waals surface area (Å²) in [4.78, 5) is 20.2. The Morgan fingerprint density at radius 2 is 2.25 bits per heavy atom. The smallest absolute Gasteiger partial charge is 0.251 e. The summed E-state index contributed by atoms with van der Waals surface area (Å²) in [6, 6.07) is 9.11. The number of aromatic nitrogens is 2. The summed E-state index contributed by atoms with van der Waals surface area (Å²) in [6.45, 7) is 0.453. The van der Waals surface area contributed by atoms with E-state index in [2.05, 4.69) is 15.3 Å². The largest absolute Gasteiger partial charge is 0.348 e. The Labute approximate surface area is 124 Å². The molecule has 0 fully saturated rings.